The van der Waals surface area contributed by atoms with Crippen LogP contribution in [0.4, 0.5) is 4.79 Å². The molecule has 21 heavy (non-hydrogen) atoms. The average molecular weight is 311 g/mol. The molecule has 0 aromatic heterocycles. The molecule has 1 unspecified atom stereocenters. The molecular weight excluding hydrogens is 288 g/mol. The number of amides is 2. The first kappa shape index (κ1) is 16.1. The fourth-order valence-electron chi connectivity index (χ4n) is 2.74. The van der Waals surface area contributed by atoms with Gasteiger partial charge in [-0.05, 0) is 37.8 Å². The molecule has 2 rings (SSSR count). The molecule has 1 aliphatic rings. The van der Waals surface area contributed by atoms with Gasteiger partial charge >= 0.3 is 6.03 Å². The normalized spacial score (nSPS) is 17.7. The lowest BCUT2D eigenvalue weighted by Gasteiger charge is -2.43. The van der Waals surface area contributed by atoms with E-state index in [1.165, 1.54) is 0 Å². The largest absolute Gasteiger partial charge is 0.393 e. The fraction of sp³-hybridized carbons (Fsp3) is 0.562. The molecule has 1 atom stereocenters. The SMILES string of the molecule is CC(O)CCNC(=O)NCC1(c2ccccc2Cl)CCC1. The lowest BCUT2D eigenvalue weighted by molar-refractivity contribution is 0.182. The third-order valence-electron chi connectivity index (χ3n) is 4.19. The van der Waals surface area contributed by atoms with Crippen LogP contribution in [0, 0.1) is 0 Å². The van der Waals surface area contributed by atoms with Crippen molar-refractivity contribution in [1.29, 1.82) is 0 Å². The summed E-state index contributed by atoms with van der Waals surface area (Å²) in [6.07, 6.45) is 3.42. The summed E-state index contributed by atoms with van der Waals surface area (Å²) in [6, 6.07) is 7.68. The van der Waals surface area contributed by atoms with Crippen LogP contribution in [0.15, 0.2) is 24.3 Å². The Balaban J connectivity index is 1.88. The van der Waals surface area contributed by atoms with Crippen molar-refractivity contribution in [1.82, 2.24) is 10.6 Å². The van der Waals surface area contributed by atoms with Gasteiger partial charge in [0.2, 0.25) is 0 Å². The van der Waals surface area contributed by atoms with E-state index in [0.717, 1.165) is 29.8 Å². The molecule has 4 nitrogen and oxygen atoms in total. The Labute approximate surface area is 130 Å². The van der Waals surface area contributed by atoms with Crippen LogP contribution < -0.4 is 10.6 Å². The Bertz CT molecular complexity index is 487. The third kappa shape index (κ3) is 4.11. The van der Waals surface area contributed by atoms with Crippen molar-refractivity contribution < 1.29 is 9.90 Å². The molecule has 1 aliphatic carbocycles. The molecule has 0 bridgehead atoms. The number of hydrogen-bond acceptors (Lipinski definition) is 2. The summed E-state index contributed by atoms with van der Waals surface area (Å²) >= 11 is 6.30. The minimum atomic E-state index is -0.397. The quantitative estimate of drug-likeness (QED) is 0.756. The number of aliphatic hydroxyl groups is 1. The Hall–Kier alpha value is -1.26. The zero-order valence-corrected chi connectivity index (χ0v) is 13.1. The van der Waals surface area contributed by atoms with E-state index >= 15 is 0 Å². The molecule has 2 amide bonds. The van der Waals surface area contributed by atoms with E-state index in [0.29, 0.717) is 19.5 Å². The van der Waals surface area contributed by atoms with Crippen molar-refractivity contribution in [2.24, 2.45) is 0 Å². The van der Waals surface area contributed by atoms with Gasteiger partial charge in [0, 0.05) is 23.5 Å². The number of rotatable bonds is 6. The predicted molar refractivity (Wildman–Crippen MR) is 84.7 cm³/mol. The van der Waals surface area contributed by atoms with Crippen LogP contribution >= 0.6 is 11.6 Å². The number of carbonyl (C=O) groups excluding carboxylic acids is 1. The van der Waals surface area contributed by atoms with Crippen LogP contribution in [0.1, 0.15) is 38.2 Å². The van der Waals surface area contributed by atoms with Gasteiger partial charge in [-0.2, -0.15) is 0 Å². The van der Waals surface area contributed by atoms with Gasteiger partial charge in [0.25, 0.3) is 0 Å². The van der Waals surface area contributed by atoms with Crippen LogP contribution in [-0.2, 0) is 5.41 Å². The first-order valence-electron chi connectivity index (χ1n) is 7.48. The van der Waals surface area contributed by atoms with Crippen molar-refractivity contribution in [2.45, 2.75) is 44.1 Å². The molecule has 0 radical (unpaired) electrons. The van der Waals surface area contributed by atoms with Crippen LogP contribution in [0.2, 0.25) is 5.02 Å². The smallest absolute Gasteiger partial charge is 0.314 e. The van der Waals surface area contributed by atoms with Gasteiger partial charge in [0.1, 0.15) is 0 Å². The molecule has 1 aromatic carbocycles. The zero-order chi connectivity index (χ0) is 15.3. The minimum absolute atomic E-state index is 0.0278. The number of hydrogen-bond donors (Lipinski definition) is 3. The summed E-state index contributed by atoms with van der Waals surface area (Å²) in [5.74, 6) is 0. The van der Waals surface area contributed by atoms with Gasteiger partial charge in [0.05, 0.1) is 6.10 Å². The van der Waals surface area contributed by atoms with E-state index in [2.05, 4.69) is 16.7 Å². The van der Waals surface area contributed by atoms with E-state index < -0.39 is 6.10 Å². The highest BCUT2D eigenvalue weighted by molar-refractivity contribution is 6.31. The molecule has 0 aliphatic heterocycles. The number of halogens is 1. The van der Waals surface area contributed by atoms with Gasteiger partial charge in [0.15, 0.2) is 0 Å². The summed E-state index contributed by atoms with van der Waals surface area (Å²) in [6.45, 7) is 2.78. The average Bonchev–Trinajstić information content (AvgIpc) is 2.39. The van der Waals surface area contributed by atoms with Crippen LogP contribution in [0.25, 0.3) is 0 Å². The van der Waals surface area contributed by atoms with Crippen LogP contribution in [0.3, 0.4) is 0 Å². The van der Waals surface area contributed by atoms with E-state index in [1.807, 2.05) is 18.2 Å². The number of urea groups is 1. The highest BCUT2D eigenvalue weighted by Crippen LogP contribution is 2.45. The molecular formula is C16H23ClN2O2. The summed E-state index contributed by atoms with van der Waals surface area (Å²) in [7, 11) is 0. The number of benzene rings is 1. The lowest BCUT2D eigenvalue weighted by Crippen LogP contribution is -2.48. The van der Waals surface area contributed by atoms with Gasteiger partial charge < -0.3 is 15.7 Å². The second-order valence-corrected chi connectivity index (χ2v) is 6.27. The van der Waals surface area contributed by atoms with Gasteiger partial charge in [-0.25, -0.2) is 4.79 Å². The number of nitrogens with one attached hydrogen (secondary N) is 2. The molecule has 3 N–H and O–H groups in total. The van der Waals surface area contributed by atoms with Crippen molar-refractivity contribution in [2.75, 3.05) is 13.1 Å². The number of carbonyl (C=O) groups is 1. The van der Waals surface area contributed by atoms with Crippen molar-refractivity contribution >= 4 is 17.6 Å². The summed E-state index contributed by atoms with van der Waals surface area (Å²) in [5.41, 5.74) is 1.10. The van der Waals surface area contributed by atoms with E-state index in [1.54, 1.807) is 6.92 Å². The van der Waals surface area contributed by atoms with E-state index in [9.17, 15) is 4.79 Å². The van der Waals surface area contributed by atoms with E-state index in [-0.39, 0.29) is 11.4 Å². The monoisotopic (exact) mass is 310 g/mol. The molecule has 1 saturated carbocycles. The minimum Gasteiger partial charge on any atom is -0.393 e. The first-order chi connectivity index (χ1) is 10.0. The molecule has 0 saturated heterocycles. The predicted octanol–water partition coefficient (Wildman–Crippen LogP) is 2.83. The Morgan fingerprint density at radius 1 is 1.38 bits per heavy atom. The second kappa shape index (κ2) is 7.14. The number of aliphatic hydroxyl groups excluding tert-OH is 1. The van der Waals surface area contributed by atoms with Gasteiger partial charge in [-0.15, -0.1) is 0 Å². The maximum Gasteiger partial charge on any atom is 0.314 e. The molecule has 116 valence electrons. The standard InChI is InChI=1S/C16H23ClN2O2/c1-12(20)7-10-18-15(21)19-11-16(8-4-9-16)13-5-2-3-6-14(13)17/h2-3,5-6,12,20H,4,7-11H2,1H3,(H2,18,19,21). The summed E-state index contributed by atoms with van der Waals surface area (Å²) < 4.78 is 0. The molecule has 0 spiro atoms. The van der Waals surface area contributed by atoms with Crippen molar-refractivity contribution in [3.05, 3.63) is 34.9 Å². The fourth-order valence-corrected chi connectivity index (χ4v) is 3.08. The van der Waals surface area contributed by atoms with Gasteiger partial charge in [-0.1, -0.05) is 36.2 Å². The second-order valence-electron chi connectivity index (χ2n) is 5.86. The van der Waals surface area contributed by atoms with Crippen molar-refractivity contribution in [3.63, 3.8) is 0 Å². The van der Waals surface area contributed by atoms with Crippen molar-refractivity contribution in [3.8, 4) is 0 Å². The first-order valence-corrected chi connectivity index (χ1v) is 7.86. The summed E-state index contributed by atoms with van der Waals surface area (Å²) in [4.78, 5) is 11.8. The molecule has 1 aromatic rings. The highest BCUT2D eigenvalue weighted by Gasteiger charge is 2.40. The lowest BCUT2D eigenvalue weighted by atomic mass is 9.64. The molecule has 1 fully saturated rings. The Kier molecular flexibility index (Phi) is 5.48. The van der Waals surface area contributed by atoms with Crippen LogP contribution in [-0.4, -0.2) is 30.3 Å². The Morgan fingerprint density at radius 3 is 2.67 bits per heavy atom. The topological polar surface area (TPSA) is 61.4 Å². The summed E-state index contributed by atoms with van der Waals surface area (Å²) in [5, 5.41) is 15.6. The van der Waals surface area contributed by atoms with Crippen LogP contribution in [0.5, 0.6) is 0 Å². The maximum atomic E-state index is 11.8. The molecule has 0 heterocycles. The zero-order valence-electron chi connectivity index (χ0n) is 12.4. The van der Waals surface area contributed by atoms with Gasteiger partial charge in [-0.3, -0.25) is 0 Å². The highest BCUT2D eigenvalue weighted by atomic mass is 35.5. The maximum absolute atomic E-state index is 11.8. The van der Waals surface area contributed by atoms with E-state index in [4.69, 9.17) is 16.7 Å². The third-order valence-corrected chi connectivity index (χ3v) is 4.52. The molecule has 5 heteroatoms. The Morgan fingerprint density at radius 2 is 2.10 bits per heavy atom.